The third-order valence-electron chi connectivity index (χ3n) is 3.49. The van der Waals surface area contributed by atoms with Crippen molar-refractivity contribution in [2.24, 2.45) is 5.92 Å². The lowest BCUT2D eigenvalue weighted by Crippen LogP contribution is -2.29. The molecule has 0 amide bonds. The highest BCUT2D eigenvalue weighted by molar-refractivity contribution is 6.28. The van der Waals surface area contributed by atoms with E-state index in [1.54, 1.807) is 0 Å². The molecule has 1 aromatic rings. The molecule has 1 aromatic heterocycles. The quantitative estimate of drug-likeness (QED) is 0.863. The minimum atomic E-state index is 0.240. The van der Waals surface area contributed by atoms with Gasteiger partial charge in [0, 0.05) is 26.7 Å². The lowest BCUT2D eigenvalue weighted by molar-refractivity contribution is 0.395. The molecular weight excluding hydrogens is 276 g/mol. The highest BCUT2D eigenvalue weighted by Gasteiger charge is 2.22. The molecule has 0 saturated carbocycles. The lowest BCUT2D eigenvalue weighted by Gasteiger charge is -2.21. The zero-order valence-corrected chi connectivity index (χ0v) is 13.2. The molecule has 1 fully saturated rings. The summed E-state index contributed by atoms with van der Waals surface area (Å²) in [5, 5.41) is 3.39. The standard InChI is InChI=1S/C13H23ClN6/c1-4-6-15-12-16-11(14)17-13(18-12)20(3)9-10-5-7-19(2)8-10/h10H,4-9H2,1-3H3,(H,15,16,17,18). The SMILES string of the molecule is CCCNc1nc(Cl)nc(N(C)CC2CCN(C)C2)n1. The fourth-order valence-corrected chi connectivity index (χ4v) is 2.63. The van der Waals surface area contributed by atoms with Gasteiger partial charge in [0.2, 0.25) is 17.2 Å². The first-order chi connectivity index (χ1) is 9.58. The van der Waals surface area contributed by atoms with Crippen molar-refractivity contribution in [2.45, 2.75) is 19.8 Å². The number of likely N-dealkylation sites (tertiary alicyclic amines) is 1. The van der Waals surface area contributed by atoms with E-state index >= 15 is 0 Å². The van der Waals surface area contributed by atoms with Crippen LogP contribution in [-0.4, -0.2) is 60.1 Å². The summed E-state index contributed by atoms with van der Waals surface area (Å²) in [5.74, 6) is 1.85. The van der Waals surface area contributed by atoms with Crippen molar-refractivity contribution in [3.05, 3.63) is 5.28 Å². The molecule has 6 nitrogen and oxygen atoms in total. The van der Waals surface area contributed by atoms with Crippen LogP contribution >= 0.6 is 11.6 Å². The van der Waals surface area contributed by atoms with Crippen LogP contribution < -0.4 is 10.2 Å². The second kappa shape index (κ2) is 7.04. The van der Waals surface area contributed by atoms with Gasteiger partial charge in [-0.25, -0.2) is 0 Å². The Balaban J connectivity index is 2.01. The first-order valence-corrected chi connectivity index (χ1v) is 7.51. The van der Waals surface area contributed by atoms with Crippen LogP contribution in [0.3, 0.4) is 0 Å². The molecular formula is C13H23ClN6. The predicted molar refractivity (Wildman–Crippen MR) is 82.5 cm³/mol. The van der Waals surface area contributed by atoms with E-state index in [2.05, 4.69) is 44.0 Å². The van der Waals surface area contributed by atoms with Gasteiger partial charge < -0.3 is 15.1 Å². The van der Waals surface area contributed by atoms with Crippen LogP contribution in [0.5, 0.6) is 0 Å². The molecule has 0 spiro atoms. The molecule has 1 aliphatic heterocycles. The van der Waals surface area contributed by atoms with Gasteiger partial charge in [-0.2, -0.15) is 15.0 Å². The number of halogens is 1. The summed E-state index contributed by atoms with van der Waals surface area (Å²) in [5.41, 5.74) is 0. The minimum Gasteiger partial charge on any atom is -0.354 e. The van der Waals surface area contributed by atoms with Crippen molar-refractivity contribution in [1.29, 1.82) is 0 Å². The Kier molecular flexibility index (Phi) is 5.37. The molecule has 1 atom stereocenters. The van der Waals surface area contributed by atoms with E-state index in [9.17, 15) is 0 Å². The van der Waals surface area contributed by atoms with E-state index in [1.165, 1.54) is 13.0 Å². The van der Waals surface area contributed by atoms with Gasteiger partial charge >= 0.3 is 0 Å². The zero-order valence-electron chi connectivity index (χ0n) is 12.4. The molecule has 2 rings (SSSR count). The molecule has 20 heavy (non-hydrogen) atoms. The number of hydrogen-bond donors (Lipinski definition) is 1. The maximum atomic E-state index is 5.98. The molecule has 1 N–H and O–H groups in total. The van der Waals surface area contributed by atoms with E-state index in [0.717, 1.165) is 26.1 Å². The summed E-state index contributed by atoms with van der Waals surface area (Å²) in [6, 6.07) is 0. The Bertz CT molecular complexity index is 441. The zero-order chi connectivity index (χ0) is 14.5. The second-order valence-electron chi connectivity index (χ2n) is 5.45. The van der Waals surface area contributed by atoms with E-state index in [-0.39, 0.29) is 5.28 Å². The Labute approximate surface area is 125 Å². The number of nitrogens with one attached hydrogen (secondary N) is 1. The monoisotopic (exact) mass is 298 g/mol. The third kappa shape index (κ3) is 4.18. The summed E-state index contributed by atoms with van der Waals surface area (Å²) in [4.78, 5) is 17.2. The Hall–Kier alpha value is -1.14. The Morgan fingerprint density at radius 2 is 2.20 bits per heavy atom. The van der Waals surface area contributed by atoms with Gasteiger partial charge in [-0.1, -0.05) is 6.92 Å². The van der Waals surface area contributed by atoms with Crippen LogP contribution in [0.25, 0.3) is 0 Å². The predicted octanol–water partition coefficient (Wildman–Crippen LogP) is 1.73. The molecule has 0 aliphatic carbocycles. The molecule has 1 saturated heterocycles. The maximum Gasteiger partial charge on any atom is 0.231 e. The maximum absolute atomic E-state index is 5.98. The van der Waals surface area contributed by atoms with Crippen LogP contribution in [0.1, 0.15) is 19.8 Å². The molecule has 7 heteroatoms. The average molecular weight is 299 g/mol. The van der Waals surface area contributed by atoms with Gasteiger partial charge in [-0.05, 0) is 44.0 Å². The first-order valence-electron chi connectivity index (χ1n) is 7.13. The van der Waals surface area contributed by atoms with E-state index in [0.29, 0.717) is 17.8 Å². The normalized spacial score (nSPS) is 19.3. The van der Waals surface area contributed by atoms with Crippen molar-refractivity contribution >= 4 is 23.5 Å². The number of aromatic nitrogens is 3. The Morgan fingerprint density at radius 3 is 2.85 bits per heavy atom. The Morgan fingerprint density at radius 1 is 1.40 bits per heavy atom. The molecule has 112 valence electrons. The number of hydrogen-bond acceptors (Lipinski definition) is 6. The molecule has 1 aliphatic rings. The van der Waals surface area contributed by atoms with Crippen molar-refractivity contribution in [2.75, 3.05) is 50.5 Å². The van der Waals surface area contributed by atoms with Crippen LogP contribution in [0.2, 0.25) is 5.28 Å². The molecule has 0 radical (unpaired) electrons. The van der Waals surface area contributed by atoms with Gasteiger partial charge in [-0.15, -0.1) is 0 Å². The second-order valence-corrected chi connectivity index (χ2v) is 5.79. The largest absolute Gasteiger partial charge is 0.354 e. The number of nitrogens with zero attached hydrogens (tertiary/aromatic N) is 5. The van der Waals surface area contributed by atoms with E-state index in [4.69, 9.17) is 11.6 Å². The topological polar surface area (TPSA) is 57.2 Å². The number of rotatable bonds is 6. The number of anilines is 2. The molecule has 1 unspecified atom stereocenters. The smallest absolute Gasteiger partial charge is 0.231 e. The summed E-state index contributed by atoms with van der Waals surface area (Å²) in [7, 11) is 4.17. The van der Waals surface area contributed by atoms with Crippen LogP contribution in [0.4, 0.5) is 11.9 Å². The van der Waals surface area contributed by atoms with Gasteiger partial charge in [0.15, 0.2) is 0 Å². The summed E-state index contributed by atoms with van der Waals surface area (Å²) < 4.78 is 0. The van der Waals surface area contributed by atoms with Crippen LogP contribution in [0, 0.1) is 5.92 Å². The fourth-order valence-electron chi connectivity index (χ4n) is 2.47. The summed E-state index contributed by atoms with van der Waals surface area (Å²) >= 11 is 5.98. The van der Waals surface area contributed by atoms with Gasteiger partial charge in [-0.3, -0.25) is 0 Å². The van der Waals surface area contributed by atoms with Crippen LogP contribution in [-0.2, 0) is 0 Å². The average Bonchev–Trinajstić information content (AvgIpc) is 2.81. The minimum absolute atomic E-state index is 0.240. The van der Waals surface area contributed by atoms with Crippen molar-refractivity contribution in [3.63, 3.8) is 0 Å². The van der Waals surface area contributed by atoms with Gasteiger partial charge in [0.05, 0.1) is 0 Å². The highest BCUT2D eigenvalue weighted by Crippen LogP contribution is 2.18. The van der Waals surface area contributed by atoms with Crippen molar-refractivity contribution in [3.8, 4) is 0 Å². The van der Waals surface area contributed by atoms with Crippen LogP contribution in [0.15, 0.2) is 0 Å². The first kappa shape index (κ1) is 15.3. The third-order valence-corrected chi connectivity index (χ3v) is 3.66. The molecule has 0 aromatic carbocycles. The molecule has 2 heterocycles. The lowest BCUT2D eigenvalue weighted by atomic mass is 10.1. The van der Waals surface area contributed by atoms with E-state index < -0.39 is 0 Å². The summed E-state index contributed by atoms with van der Waals surface area (Å²) in [6.07, 6.45) is 2.24. The van der Waals surface area contributed by atoms with Crippen molar-refractivity contribution < 1.29 is 0 Å². The van der Waals surface area contributed by atoms with Gasteiger partial charge in [0.1, 0.15) is 0 Å². The van der Waals surface area contributed by atoms with E-state index in [1.807, 2.05) is 7.05 Å². The summed E-state index contributed by atoms with van der Waals surface area (Å²) in [6.45, 7) is 6.16. The fraction of sp³-hybridized carbons (Fsp3) is 0.769. The molecule has 0 bridgehead atoms. The highest BCUT2D eigenvalue weighted by atomic mass is 35.5. The van der Waals surface area contributed by atoms with Gasteiger partial charge in [0.25, 0.3) is 0 Å². The van der Waals surface area contributed by atoms with Crippen molar-refractivity contribution in [1.82, 2.24) is 19.9 Å².